The molecule has 0 unspecified atom stereocenters. The molecule has 0 spiro atoms. The standard InChI is InChI=1S/C16H25N3O2/c1-19-11-8-13(9-12-19)5-6-15(20)17-10-7-14-3-2-4-16(21)18-14/h2-4,13H,5-12H2,1H3,(H,17,20)(H,18,21). The van der Waals surface area contributed by atoms with Crippen molar-refractivity contribution in [2.75, 3.05) is 26.7 Å². The molecule has 2 heterocycles. The Morgan fingerprint density at radius 1 is 1.38 bits per heavy atom. The first kappa shape index (κ1) is 15.8. The van der Waals surface area contributed by atoms with Crippen LogP contribution in [0.2, 0.25) is 0 Å². The molecule has 2 N–H and O–H groups in total. The summed E-state index contributed by atoms with van der Waals surface area (Å²) < 4.78 is 0. The minimum Gasteiger partial charge on any atom is -0.356 e. The fourth-order valence-corrected chi connectivity index (χ4v) is 2.75. The van der Waals surface area contributed by atoms with E-state index in [1.165, 1.54) is 18.9 Å². The molecule has 5 heteroatoms. The molecule has 5 nitrogen and oxygen atoms in total. The topological polar surface area (TPSA) is 65.2 Å². The van der Waals surface area contributed by atoms with E-state index in [9.17, 15) is 9.59 Å². The molecule has 1 amide bonds. The maximum atomic E-state index is 11.8. The molecule has 1 aliphatic rings. The number of nitrogens with one attached hydrogen (secondary N) is 2. The van der Waals surface area contributed by atoms with E-state index in [0.29, 0.717) is 25.3 Å². The van der Waals surface area contributed by atoms with Gasteiger partial charge < -0.3 is 15.2 Å². The Hall–Kier alpha value is -1.62. The number of piperidine rings is 1. The van der Waals surface area contributed by atoms with E-state index in [1.54, 1.807) is 6.07 Å². The molecular formula is C16H25N3O2. The molecule has 21 heavy (non-hydrogen) atoms. The zero-order valence-corrected chi connectivity index (χ0v) is 12.7. The van der Waals surface area contributed by atoms with E-state index in [4.69, 9.17) is 0 Å². The smallest absolute Gasteiger partial charge is 0.248 e. The molecule has 1 aromatic rings. The van der Waals surface area contributed by atoms with Crippen LogP contribution in [0.25, 0.3) is 0 Å². The fourth-order valence-electron chi connectivity index (χ4n) is 2.75. The van der Waals surface area contributed by atoms with Crippen molar-refractivity contribution >= 4 is 5.91 Å². The molecular weight excluding hydrogens is 266 g/mol. The van der Waals surface area contributed by atoms with Gasteiger partial charge in [-0.15, -0.1) is 0 Å². The number of aromatic nitrogens is 1. The number of hydrogen-bond donors (Lipinski definition) is 2. The summed E-state index contributed by atoms with van der Waals surface area (Å²) in [5, 5.41) is 2.93. The first-order valence-electron chi connectivity index (χ1n) is 7.77. The molecule has 0 saturated carbocycles. The van der Waals surface area contributed by atoms with E-state index in [0.717, 1.165) is 25.2 Å². The second-order valence-electron chi connectivity index (χ2n) is 5.93. The molecule has 0 atom stereocenters. The quantitative estimate of drug-likeness (QED) is 0.826. The predicted octanol–water partition coefficient (Wildman–Crippen LogP) is 1.16. The average molecular weight is 291 g/mol. The molecule has 2 rings (SSSR count). The van der Waals surface area contributed by atoms with Gasteiger partial charge >= 0.3 is 0 Å². The lowest BCUT2D eigenvalue weighted by molar-refractivity contribution is -0.121. The molecule has 1 aromatic heterocycles. The molecule has 0 bridgehead atoms. The zero-order valence-electron chi connectivity index (χ0n) is 12.7. The second kappa shape index (κ2) is 7.98. The van der Waals surface area contributed by atoms with E-state index in [2.05, 4.69) is 22.2 Å². The van der Waals surface area contributed by atoms with Gasteiger partial charge in [-0.1, -0.05) is 6.07 Å². The number of likely N-dealkylation sites (tertiary alicyclic amines) is 1. The molecule has 0 radical (unpaired) electrons. The van der Waals surface area contributed by atoms with Crippen molar-refractivity contribution in [3.8, 4) is 0 Å². The van der Waals surface area contributed by atoms with Crippen LogP contribution in [0.3, 0.4) is 0 Å². The van der Waals surface area contributed by atoms with E-state index in [1.807, 2.05) is 6.07 Å². The first-order chi connectivity index (χ1) is 10.1. The van der Waals surface area contributed by atoms with E-state index >= 15 is 0 Å². The van der Waals surface area contributed by atoms with Crippen LogP contribution in [0, 0.1) is 5.92 Å². The monoisotopic (exact) mass is 291 g/mol. The number of nitrogens with zero attached hydrogens (tertiary/aromatic N) is 1. The maximum Gasteiger partial charge on any atom is 0.248 e. The van der Waals surface area contributed by atoms with Gasteiger partial charge in [0, 0.05) is 31.1 Å². The highest BCUT2D eigenvalue weighted by atomic mass is 16.1. The van der Waals surface area contributed by atoms with Crippen LogP contribution < -0.4 is 10.9 Å². The Balaban J connectivity index is 1.60. The van der Waals surface area contributed by atoms with Crippen LogP contribution in [-0.4, -0.2) is 42.5 Å². The Labute approximate surface area is 125 Å². The van der Waals surface area contributed by atoms with Crippen molar-refractivity contribution in [2.24, 2.45) is 5.92 Å². The van der Waals surface area contributed by atoms with Crippen molar-refractivity contribution in [1.82, 2.24) is 15.2 Å². The van der Waals surface area contributed by atoms with Gasteiger partial charge in [0.25, 0.3) is 0 Å². The van der Waals surface area contributed by atoms with E-state index in [-0.39, 0.29) is 11.5 Å². The van der Waals surface area contributed by atoms with Gasteiger partial charge in [0.1, 0.15) is 0 Å². The van der Waals surface area contributed by atoms with Crippen LogP contribution in [0.4, 0.5) is 0 Å². The lowest BCUT2D eigenvalue weighted by atomic mass is 9.92. The number of pyridine rings is 1. The Kier molecular flexibility index (Phi) is 5.99. The van der Waals surface area contributed by atoms with Gasteiger partial charge in [-0.25, -0.2) is 0 Å². The van der Waals surface area contributed by atoms with E-state index < -0.39 is 0 Å². The SMILES string of the molecule is CN1CCC(CCC(=O)NCCc2cccc(=O)[nH]2)CC1. The van der Waals surface area contributed by atoms with Crippen molar-refractivity contribution in [3.63, 3.8) is 0 Å². The molecule has 0 aromatic carbocycles. The highest BCUT2D eigenvalue weighted by Gasteiger charge is 2.17. The predicted molar refractivity (Wildman–Crippen MR) is 83.2 cm³/mol. The number of carbonyl (C=O) groups is 1. The summed E-state index contributed by atoms with van der Waals surface area (Å²) in [7, 11) is 2.15. The second-order valence-corrected chi connectivity index (χ2v) is 5.93. The number of hydrogen-bond acceptors (Lipinski definition) is 3. The van der Waals surface area contributed by atoms with Crippen molar-refractivity contribution in [1.29, 1.82) is 0 Å². The minimum absolute atomic E-state index is 0.0962. The summed E-state index contributed by atoms with van der Waals surface area (Å²) in [5.74, 6) is 0.810. The Morgan fingerprint density at radius 3 is 2.86 bits per heavy atom. The normalized spacial score (nSPS) is 16.8. The lowest BCUT2D eigenvalue weighted by Gasteiger charge is -2.28. The summed E-state index contributed by atoms with van der Waals surface area (Å²) >= 11 is 0. The van der Waals surface area contributed by atoms with Crippen molar-refractivity contribution < 1.29 is 4.79 Å². The molecule has 116 valence electrons. The largest absolute Gasteiger partial charge is 0.356 e. The summed E-state index contributed by atoms with van der Waals surface area (Å²) in [4.78, 5) is 28.1. The fraction of sp³-hybridized carbons (Fsp3) is 0.625. The van der Waals surface area contributed by atoms with Crippen molar-refractivity contribution in [3.05, 3.63) is 34.2 Å². The highest BCUT2D eigenvalue weighted by Crippen LogP contribution is 2.20. The van der Waals surface area contributed by atoms with Crippen molar-refractivity contribution in [2.45, 2.75) is 32.1 Å². The van der Waals surface area contributed by atoms with Gasteiger partial charge in [-0.05, 0) is 51.4 Å². The third kappa shape index (κ3) is 5.71. The highest BCUT2D eigenvalue weighted by molar-refractivity contribution is 5.75. The molecule has 0 aliphatic carbocycles. The van der Waals surface area contributed by atoms with Gasteiger partial charge in [-0.2, -0.15) is 0 Å². The maximum absolute atomic E-state index is 11.8. The molecule has 1 aliphatic heterocycles. The summed E-state index contributed by atoms with van der Waals surface area (Å²) in [6, 6.07) is 5.09. The first-order valence-corrected chi connectivity index (χ1v) is 7.77. The lowest BCUT2D eigenvalue weighted by Crippen LogP contribution is -2.31. The van der Waals surface area contributed by atoms with Gasteiger partial charge in [0.15, 0.2) is 0 Å². The Morgan fingerprint density at radius 2 is 2.14 bits per heavy atom. The summed E-state index contributed by atoms with van der Waals surface area (Å²) in [5.41, 5.74) is 0.763. The molecule has 1 saturated heterocycles. The van der Waals surface area contributed by atoms with Gasteiger partial charge in [-0.3, -0.25) is 9.59 Å². The van der Waals surface area contributed by atoms with Crippen LogP contribution in [0.5, 0.6) is 0 Å². The number of rotatable bonds is 6. The number of amides is 1. The average Bonchev–Trinajstić information content (AvgIpc) is 2.47. The number of carbonyl (C=O) groups excluding carboxylic acids is 1. The summed E-state index contributed by atoms with van der Waals surface area (Å²) in [6.45, 7) is 2.87. The Bertz CT molecular complexity index is 504. The van der Waals surface area contributed by atoms with Crippen LogP contribution in [0.15, 0.2) is 23.0 Å². The van der Waals surface area contributed by atoms with Crippen LogP contribution >= 0.6 is 0 Å². The van der Waals surface area contributed by atoms with Crippen LogP contribution in [0.1, 0.15) is 31.4 Å². The third-order valence-corrected chi connectivity index (χ3v) is 4.16. The third-order valence-electron chi connectivity index (χ3n) is 4.16. The number of aromatic amines is 1. The summed E-state index contributed by atoms with van der Waals surface area (Å²) in [6.07, 6.45) is 4.67. The van der Waals surface area contributed by atoms with Gasteiger partial charge in [0.05, 0.1) is 0 Å². The number of H-pyrrole nitrogens is 1. The minimum atomic E-state index is -0.0962. The van der Waals surface area contributed by atoms with Crippen LogP contribution in [-0.2, 0) is 11.2 Å². The zero-order chi connectivity index (χ0) is 15.1. The van der Waals surface area contributed by atoms with Gasteiger partial charge in [0.2, 0.25) is 11.5 Å². The molecule has 1 fully saturated rings.